The molecule has 0 aromatic heterocycles. The van der Waals surface area contributed by atoms with E-state index < -0.39 is 15.7 Å². The molecule has 26 heavy (non-hydrogen) atoms. The van der Waals surface area contributed by atoms with Crippen LogP contribution < -0.4 is 4.90 Å². The fourth-order valence-electron chi connectivity index (χ4n) is 3.29. The van der Waals surface area contributed by atoms with Gasteiger partial charge in [-0.2, -0.15) is 0 Å². The number of halogens is 2. The lowest BCUT2D eigenvalue weighted by atomic mass is 10.1. The van der Waals surface area contributed by atoms with Gasteiger partial charge in [0.1, 0.15) is 11.6 Å². The molecule has 2 aliphatic heterocycles. The number of anilines is 1. The second kappa shape index (κ2) is 6.66. The van der Waals surface area contributed by atoms with Gasteiger partial charge in [0.25, 0.3) is 0 Å². The van der Waals surface area contributed by atoms with Crippen molar-refractivity contribution in [1.82, 2.24) is 0 Å². The van der Waals surface area contributed by atoms with Gasteiger partial charge in [0.2, 0.25) is 0 Å². The number of rotatable bonds is 3. The zero-order valence-electron chi connectivity index (χ0n) is 13.7. The number of hydrogen-bond acceptors (Lipinski definition) is 5. The molecule has 0 unspecified atom stereocenters. The first-order chi connectivity index (χ1) is 12.4. The number of thioether (sulfide) groups is 1. The van der Waals surface area contributed by atoms with Gasteiger partial charge in [-0.15, -0.1) is 0 Å². The third kappa shape index (κ3) is 3.35. The Labute approximate surface area is 154 Å². The van der Waals surface area contributed by atoms with Crippen LogP contribution in [0.25, 0.3) is 0 Å². The SMILES string of the molecule is O=S1(=O)C[C@@H]2N=C(SCc3ccc(F)cc3)N(c3ccccc3F)[C@@H]2C1. The van der Waals surface area contributed by atoms with Crippen LogP contribution in [-0.2, 0) is 15.6 Å². The van der Waals surface area contributed by atoms with E-state index in [1.165, 1.54) is 30.0 Å². The van der Waals surface area contributed by atoms with Gasteiger partial charge in [0.15, 0.2) is 15.0 Å². The summed E-state index contributed by atoms with van der Waals surface area (Å²) < 4.78 is 51.4. The molecule has 4 nitrogen and oxygen atoms in total. The minimum atomic E-state index is -3.18. The Morgan fingerprint density at radius 1 is 1.08 bits per heavy atom. The van der Waals surface area contributed by atoms with Crippen LogP contribution in [-0.4, -0.2) is 37.2 Å². The molecule has 0 saturated carbocycles. The van der Waals surface area contributed by atoms with Crippen molar-refractivity contribution < 1.29 is 17.2 Å². The molecule has 2 atom stereocenters. The molecule has 2 aliphatic rings. The van der Waals surface area contributed by atoms with Crippen LogP contribution in [0.3, 0.4) is 0 Å². The molecular formula is C18H16F2N2O2S2. The molecule has 1 fully saturated rings. The summed E-state index contributed by atoms with van der Waals surface area (Å²) in [6, 6.07) is 11.7. The van der Waals surface area contributed by atoms with Crippen molar-refractivity contribution in [3.05, 3.63) is 65.7 Å². The van der Waals surface area contributed by atoms with E-state index in [4.69, 9.17) is 0 Å². The molecule has 0 amide bonds. The summed E-state index contributed by atoms with van der Waals surface area (Å²) in [5.74, 6) is -0.215. The fraction of sp³-hybridized carbons (Fsp3) is 0.278. The predicted molar refractivity (Wildman–Crippen MR) is 100 cm³/mol. The Morgan fingerprint density at radius 2 is 1.81 bits per heavy atom. The van der Waals surface area contributed by atoms with E-state index in [0.29, 0.717) is 16.6 Å². The number of nitrogens with zero attached hydrogens (tertiary/aromatic N) is 2. The second-order valence-corrected chi connectivity index (χ2v) is 9.46. The first-order valence-corrected chi connectivity index (χ1v) is 10.9. The Balaban J connectivity index is 1.63. The van der Waals surface area contributed by atoms with Crippen LogP contribution in [0.4, 0.5) is 14.5 Å². The van der Waals surface area contributed by atoms with Gasteiger partial charge in [0, 0.05) is 5.75 Å². The number of amidine groups is 1. The minimum absolute atomic E-state index is 0.0107. The van der Waals surface area contributed by atoms with E-state index >= 15 is 0 Å². The number of hydrogen-bond donors (Lipinski definition) is 0. The van der Waals surface area contributed by atoms with Crippen LogP contribution in [0.15, 0.2) is 53.5 Å². The number of sulfone groups is 1. The highest BCUT2D eigenvalue weighted by atomic mass is 32.2. The first kappa shape index (κ1) is 17.5. The number of para-hydroxylation sites is 1. The normalized spacial score (nSPS) is 23.8. The van der Waals surface area contributed by atoms with E-state index in [9.17, 15) is 17.2 Å². The molecule has 0 radical (unpaired) electrons. The summed E-state index contributed by atoms with van der Waals surface area (Å²) in [6.45, 7) is 0. The van der Waals surface area contributed by atoms with E-state index in [2.05, 4.69) is 4.99 Å². The molecular weight excluding hydrogens is 378 g/mol. The molecule has 0 aliphatic carbocycles. The highest BCUT2D eigenvalue weighted by Crippen LogP contribution is 2.36. The summed E-state index contributed by atoms with van der Waals surface area (Å²) in [7, 11) is -3.18. The molecule has 2 aromatic carbocycles. The van der Waals surface area contributed by atoms with Crippen LogP contribution >= 0.6 is 11.8 Å². The van der Waals surface area contributed by atoms with Crippen molar-refractivity contribution >= 4 is 32.5 Å². The predicted octanol–water partition coefficient (Wildman–Crippen LogP) is 3.24. The zero-order chi connectivity index (χ0) is 18.3. The van der Waals surface area contributed by atoms with E-state index in [1.807, 2.05) is 0 Å². The van der Waals surface area contributed by atoms with Crippen molar-refractivity contribution in [3.8, 4) is 0 Å². The largest absolute Gasteiger partial charge is 0.312 e. The Morgan fingerprint density at radius 3 is 2.54 bits per heavy atom. The maximum atomic E-state index is 14.4. The highest BCUT2D eigenvalue weighted by Gasteiger charge is 2.47. The van der Waals surface area contributed by atoms with Gasteiger partial charge in [-0.1, -0.05) is 36.0 Å². The maximum absolute atomic E-state index is 14.4. The maximum Gasteiger partial charge on any atom is 0.164 e. The van der Waals surface area contributed by atoms with Gasteiger partial charge >= 0.3 is 0 Å². The summed E-state index contributed by atoms with van der Waals surface area (Å²) in [6.07, 6.45) is 0. The Kier molecular flexibility index (Phi) is 4.48. The van der Waals surface area contributed by atoms with Crippen molar-refractivity contribution in [1.29, 1.82) is 0 Å². The lowest BCUT2D eigenvalue weighted by Gasteiger charge is -2.26. The third-order valence-electron chi connectivity index (χ3n) is 4.50. The van der Waals surface area contributed by atoms with E-state index in [0.717, 1.165) is 5.56 Å². The average Bonchev–Trinajstić information content (AvgIpc) is 3.06. The van der Waals surface area contributed by atoms with Crippen LogP contribution in [0.1, 0.15) is 5.56 Å². The summed E-state index contributed by atoms with van der Waals surface area (Å²) >= 11 is 1.40. The smallest absolute Gasteiger partial charge is 0.164 e. The molecule has 8 heteroatoms. The van der Waals surface area contributed by atoms with Crippen molar-refractivity contribution in [3.63, 3.8) is 0 Å². The Hall–Kier alpha value is -1.93. The lowest BCUT2D eigenvalue weighted by Crippen LogP contribution is -2.39. The molecule has 0 N–H and O–H groups in total. The van der Waals surface area contributed by atoms with Crippen LogP contribution in [0, 0.1) is 11.6 Å². The van der Waals surface area contributed by atoms with Gasteiger partial charge in [-0.3, -0.25) is 4.99 Å². The monoisotopic (exact) mass is 394 g/mol. The van der Waals surface area contributed by atoms with Crippen LogP contribution in [0.2, 0.25) is 0 Å². The number of fused-ring (bicyclic) bond motifs is 1. The Bertz CT molecular complexity index is 961. The van der Waals surface area contributed by atoms with Gasteiger partial charge in [-0.25, -0.2) is 17.2 Å². The quantitative estimate of drug-likeness (QED) is 0.802. The summed E-state index contributed by atoms with van der Waals surface area (Å²) in [5, 5.41) is 0.601. The van der Waals surface area contributed by atoms with Gasteiger partial charge in [-0.05, 0) is 29.8 Å². The number of benzene rings is 2. The number of aliphatic imine (C=N–C) groups is 1. The molecule has 1 saturated heterocycles. The zero-order valence-corrected chi connectivity index (χ0v) is 15.3. The van der Waals surface area contributed by atoms with Crippen LogP contribution in [0.5, 0.6) is 0 Å². The first-order valence-electron chi connectivity index (χ1n) is 8.12. The molecule has 0 bridgehead atoms. The van der Waals surface area contributed by atoms with E-state index in [-0.39, 0.29) is 29.4 Å². The molecule has 4 rings (SSSR count). The highest BCUT2D eigenvalue weighted by molar-refractivity contribution is 8.13. The van der Waals surface area contributed by atoms with Crippen molar-refractivity contribution in [2.45, 2.75) is 17.8 Å². The molecule has 2 heterocycles. The van der Waals surface area contributed by atoms with Gasteiger partial charge in [0.05, 0.1) is 29.3 Å². The average molecular weight is 394 g/mol. The topological polar surface area (TPSA) is 49.7 Å². The summed E-state index contributed by atoms with van der Waals surface area (Å²) in [4.78, 5) is 6.27. The van der Waals surface area contributed by atoms with Crippen molar-refractivity contribution in [2.24, 2.45) is 4.99 Å². The van der Waals surface area contributed by atoms with Crippen molar-refractivity contribution in [2.75, 3.05) is 16.4 Å². The molecule has 136 valence electrons. The standard InChI is InChI=1S/C18H16F2N2O2S2/c19-13-7-5-12(6-8-13)9-25-18-21-15-10-26(23,24)11-17(15)22(18)16-4-2-1-3-14(16)20/h1-8,15,17H,9-11H2/t15-,17+/m0/s1. The lowest BCUT2D eigenvalue weighted by molar-refractivity contribution is 0.600. The van der Waals surface area contributed by atoms with Gasteiger partial charge < -0.3 is 4.90 Å². The summed E-state index contributed by atoms with van der Waals surface area (Å²) in [5.41, 5.74) is 1.25. The molecule has 2 aromatic rings. The minimum Gasteiger partial charge on any atom is -0.312 e. The van der Waals surface area contributed by atoms with E-state index in [1.54, 1.807) is 35.2 Å². The fourth-order valence-corrected chi connectivity index (χ4v) is 6.21. The second-order valence-electron chi connectivity index (χ2n) is 6.36. The molecule has 0 spiro atoms. The third-order valence-corrected chi connectivity index (χ3v) is 7.24.